The van der Waals surface area contributed by atoms with Crippen LogP contribution in [0.4, 0.5) is 22.0 Å². The summed E-state index contributed by atoms with van der Waals surface area (Å²) in [5.74, 6) is 0.277. The predicted molar refractivity (Wildman–Crippen MR) is 122 cm³/mol. The Hall–Kier alpha value is -3.07. The number of nitrogens with one attached hydrogen (secondary N) is 2. The molecule has 174 valence electrons. The van der Waals surface area contributed by atoms with Gasteiger partial charge in [-0.15, -0.1) is 0 Å². The molecule has 2 aromatic rings. The predicted octanol–water partition coefficient (Wildman–Crippen LogP) is 4.46. The maximum Gasteiger partial charge on any atom is 0.325 e. The summed E-state index contributed by atoms with van der Waals surface area (Å²) in [7, 11) is 0. The van der Waals surface area contributed by atoms with Crippen molar-refractivity contribution in [2.45, 2.75) is 52.5 Å². The summed E-state index contributed by atoms with van der Waals surface area (Å²) < 4.78 is 10.7. The molecule has 1 aliphatic heterocycles. The summed E-state index contributed by atoms with van der Waals surface area (Å²) in [5, 5.41) is 18.7. The first-order valence-corrected chi connectivity index (χ1v) is 11.0. The number of carbonyl (C=O) groups is 2. The van der Waals surface area contributed by atoms with E-state index in [4.69, 9.17) is 9.26 Å². The fourth-order valence-electron chi connectivity index (χ4n) is 4.04. The molecule has 0 radical (unpaired) electrons. The van der Waals surface area contributed by atoms with Crippen LogP contribution in [0.1, 0.15) is 50.9 Å². The number of nitrogens with zero attached hydrogens (tertiary/aromatic N) is 2. The minimum absolute atomic E-state index is 0.0336. The van der Waals surface area contributed by atoms with Gasteiger partial charge in [0.15, 0.2) is 5.82 Å². The Labute approximate surface area is 188 Å². The molecule has 0 bridgehead atoms. The number of aromatic nitrogens is 1. The van der Waals surface area contributed by atoms with E-state index in [2.05, 4.69) is 34.5 Å². The van der Waals surface area contributed by atoms with Gasteiger partial charge in [0.2, 0.25) is 0 Å². The Balaban J connectivity index is 1.93. The topological polar surface area (TPSA) is 117 Å². The van der Waals surface area contributed by atoms with Gasteiger partial charge in [-0.3, -0.25) is 10.1 Å². The fourth-order valence-corrected chi connectivity index (χ4v) is 4.04. The van der Waals surface area contributed by atoms with Gasteiger partial charge in [0, 0.05) is 12.6 Å². The molecule has 1 fully saturated rings. The number of ether oxygens (including phenoxy) is 1. The molecule has 2 amide bonds. The van der Waals surface area contributed by atoms with Gasteiger partial charge in [0.1, 0.15) is 5.76 Å². The Morgan fingerprint density at radius 3 is 2.69 bits per heavy atom. The number of rotatable bonds is 8. The summed E-state index contributed by atoms with van der Waals surface area (Å²) in [6.07, 6.45) is 0.716. The summed E-state index contributed by atoms with van der Waals surface area (Å²) in [4.78, 5) is 26.3. The van der Waals surface area contributed by atoms with Crippen molar-refractivity contribution in [2.75, 3.05) is 35.3 Å². The molecule has 9 nitrogen and oxygen atoms in total. The zero-order valence-corrected chi connectivity index (χ0v) is 19.1. The van der Waals surface area contributed by atoms with Crippen molar-refractivity contribution < 1.29 is 24.0 Å². The third-order valence-corrected chi connectivity index (χ3v) is 5.77. The van der Waals surface area contributed by atoms with Crippen molar-refractivity contribution in [1.29, 1.82) is 0 Å². The largest absolute Gasteiger partial charge is 0.481 e. The Morgan fingerprint density at radius 1 is 1.28 bits per heavy atom. The van der Waals surface area contributed by atoms with Crippen molar-refractivity contribution in [3.05, 3.63) is 35.6 Å². The van der Waals surface area contributed by atoms with Crippen LogP contribution in [0, 0.1) is 12.8 Å². The van der Waals surface area contributed by atoms with Crippen molar-refractivity contribution in [3.63, 3.8) is 0 Å². The van der Waals surface area contributed by atoms with Gasteiger partial charge < -0.3 is 24.6 Å². The molecule has 1 aromatic heterocycles. The quantitative estimate of drug-likeness (QED) is 0.550. The third kappa shape index (κ3) is 5.79. The van der Waals surface area contributed by atoms with Gasteiger partial charge in [0.25, 0.3) is 0 Å². The number of hydrogen-bond donors (Lipinski definition) is 3. The van der Waals surface area contributed by atoms with E-state index in [1.807, 2.05) is 25.1 Å². The number of benzene rings is 1. The molecule has 0 spiro atoms. The molecule has 0 aliphatic carbocycles. The van der Waals surface area contributed by atoms with Crippen LogP contribution >= 0.6 is 0 Å². The lowest BCUT2D eigenvalue weighted by molar-refractivity contribution is -0.137. The number of morpholine rings is 1. The number of hydrogen-bond acceptors (Lipinski definition) is 6. The zero-order chi connectivity index (χ0) is 23.3. The van der Waals surface area contributed by atoms with Crippen LogP contribution in [0.15, 0.2) is 28.8 Å². The standard InChI is InChI=1S/C23H32N4O5/c1-5-16(12-22(28)29)17-6-7-19(27-8-9-31-13-20(27)14(2)3)18(11-17)24-23(30)25-21-10-15(4)32-26-21/h6-7,10-11,14,16,20H,5,8-9,12-13H2,1-4H3,(H,28,29)(H2,24,25,26,30)/t16-,20?/m0/s1. The van der Waals surface area contributed by atoms with Crippen molar-refractivity contribution >= 4 is 29.2 Å². The normalized spacial score (nSPS) is 17.3. The molecule has 2 heterocycles. The summed E-state index contributed by atoms with van der Waals surface area (Å²) in [5.41, 5.74) is 2.38. The number of anilines is 3. The molecule has 1 aromatic carbocycles. The number of urea groups is 1. The van der Waals surface area contributed by atoms with E-state index >= 15 is 0 Å². The minimum Gasteiger partial charge on any atom is -0.481 e. The molecular weight excluding hydrogens is 412 g/mol. The molecule has 32 heavy (non-hydrogen) atoms. The van der Waals surface area contributed by atoms with Gasteiger partial charge in [-0.2, -0.15) is 0 Å². The first-order valence-electron chi connectivity index (χ1n) is 11.0. The van der Waals surface area contributed by atoms with Crippen LogP contribution in [-0.2, 0) is 9.53 Å². The van der Waals surface area contributed by atoms with Gasteiger partial charge in [-0.05, 0) is 42.9 Å². The van der Waals surface area contributed by atoms with Crippen molar-refractivity contribution in [1.82, 2.24) is 5.16 Å². The molecule has 3 rings (SSSR count). The Morgan fingerprint density at radius 2 is 2.06 bits per heavy atom. The number of carbonyl (C=O) groups excluding carboxylic acids is 1. The van der Waals surface area contributed by atoms with Crippen LogP contribution in [0.2, 0.25) is 0 Å². The summed E-state index contributed by atoms with van der Waals surface area (Å²) in [6, 6.07) is 7.16. The van der Waals surface area contributed by atoms with Gasteiger partial charge >= 0.3 is 12.0 Å². The molecular formula is C23H32N4O5. The molecule has 1 saturated heterocycles. The first-order chi connectivity index (χ1) is 15.3. The van der Waals surface area contributed by atoms with E-state index in [1.54, 1.807) is 13.0 Å². The molecule has 9 heteroatoms. The molecule has 2 atom stereocenters. The molecule has 1 unspecified atom stereocenters. The van der Waals surface area contributed by atoms with Crippen LogP contribution in [0.25, 0.3) is 0 Å². The maximum absolute atomic E-state index is 12.7. The molecule has 0 saturated carbocycles. The van der Waals surface area contributed by atoms with Gasteiger partial charge in [0.05, 0.1) is 37.1 Å². The summed E-state index contributed by atoms with van der Waals surface area (Å²) in [6.45, 7) is 9.92. The smallest absolute Gasteiger partial charge is 0.325 e. The van der Waals surface area contributed by atoms with E-state index in [-0.39, 0.29) is 18.4 Å². The average molecular weight is 445 g/mol. The van der Waals surface area contributed by atoms with Gasteiger partial charge in [-0.1, -0.05) is 32.0 Å². The van der Waals surface area contributed by atoms with E-state index in [9.17, 15) is 14.7 Å². The number of carboxylic acid groups (broad SMARTS) is 1. The monoisotopic (exact) mass is 444 g/mol. The SMILES string of the molecule is CC[C@@H](CC(=O)O)c1ccc(N2CCOCC2C(C)C)c(NC(=O)Nc2cc(C)on2)c1. The van der Waals surface area contributed by atoms with E-state index in [1.165, 1.54) is 0 Å². The zero-order valence-electron chi connectivity index (χ0n) is 19.1. The summed E-state index contributed by atoms with van der Waals surface area (Å²) >= 11 is 0. The van der Waals surface area contributed by atoms with Crippen molar-refractivity contribution in [3.8, 4) is 0 Å². The Kier molecular flexibility index (Phi) is 7.74. The van der Waals surface area contributed by atoms with Crippen LogP contribution in [0.3, 0.4) is 0 Å². The highest BCUT2D eigenvalue weighted by Crippen LogP contribution is 2.35. The Bertz CT molecular complexity index is 942. The van der Waals surface area contributed by atoms with Crippen LogP contribution < -0.4 is 15.5 Å². The number of aliphatic carboxylic acids is 1. The third-order valence-electron chi connectivity index (χ3n) is 5.77. The van der Waals surface area contributed by atoms with Crippen LogP contribution in [-0.4, -0.2) is 48.1 Å². The first kappa shape index (κ1) is 23.6. The second kappa shape index (κ2) is 10.5. The highest BCUT2D eigenvalue weighted by atomic mass is 16.5. The average Bonchev–Trinajstić information content (AvgIpc) is 3.16. The second-order valence-corrected chi connectivity index (χ2v) is 8.46. The van der Waals surface area contributed by atoms with E-state index in [0.29, 0.717) is 49.4 Å². The van der Waals surface area contributed by atoms with Crippen molar-refractivity contribution in [2.24, 2.45) is 5.92 Å². The van der Waals surface area contributed by atoms with E-state index in [0.717, 1.165) is 11.3 Å². The highest BCUT2D eigenvalue weighted by Gasteiger charge is 2.28. The van der Waals surface area contributed by atoms with E-state index < -0.39 is 12.0 Å². The number of amides is 2. The maximum atomic E-state index is 12.7. The highest BCUT2D eigenvalue weighted by molar-refractivity contribution is 6.01. The lowest BCUT2D eigenvalue weighted by atomic mass is 9.92. The number of carboxylic acids is 1. The lowest BCUT2D eigenvalue weighted by Gasteiger charge is -2.40. The second-order valence-electron chi connectivity index (χ2n) is 8.46. The molecule has 1 aliphatic rings. The van der Waals surface area contributed by atoms with Crippen LogP contribution in [0.5, 0.6) is 0 Å². The fraction of sp³-hybridized carbons (Fsp3) is 0.522. The number of aryl methyl sites for hydroxylation is 1. The molecule has 3 N–H and O–H groups in total. The van der Waals surface area contributed by atoms with Gasteiger partial charge in [-0.25, -0.2) is 4.79 Å². The minimum atomic E-state index is -0.845. The lowest BCUT2D eigenvalue weighted by Crippen LogP contribution is -2.48.